The van der Waals surface area contributed by atoms with Crippen LogP contribution >= 0.6 is 11.3 Å². The maximum absolute atomic E-state index is 10.6. The number of aliphatic hydroxyl groups excluding tert-OH is 1. The second-order valence-corrected chi connectivity index (χ2v) is 7.63. The zero-order chi connectivity index (χ0) is 21.5. The van der Waals surface area contributed by atoms with Gasteiger partial charge in [0.25, 0.3) is 0 Å². The Morgan fingerprint density at radius 1 is 1.03 bits per heavy atom. The summed E-state index contributed by atoms with van der Waals surface area (Å²) in [5.41, 5.74) is 0.841. The lowest BCUT2D eigenvalue weighted by Crippen LogP contribution is -2.39. The number of guanidine groups is 1. The van der Waals surface area contributed by atoms with E-state index in [1.165, 1.54) is 0 Å². The standard InChI is InChI=1S/C22H27N3O4S/c1-23-22(24-12-16-18(28-3)10-15(27-2)11-19(16)29-4)25-13-17(26)21-9-14-7-5-6-8-20(14)30-21/h5-11,17,26H,12-13H2,1-4H3,(H2,23,24,25). The fourth-order valence-electron chi connectivity index (χ4n) is 3.11. The third-order valence-corrected chi connectivity index (χ3v) is 5.93. The van der Waals surface area contributed by atoms with Gasteiger partial charge in [0.05, 0.1) is 33.4 Å². The number of nitrogens with one attached hydrogen (secondary N) is 2. The van der Waals surface area contributed by atoms with E-state index in [9.17, 15) is 5.11 Å². The average molecular weight is 430 g/mol. The van der Waals surface area contributed by atoms with Gasteiger partial charge in [0.15, 0.2) is 5.96 Å². The number of benzene rings is 2. The molecule has 30 heavy (non-hydrogen) atoms. The van der Waals surface area contributed by atoms with Crippen LogP contribution in [0.5, 0.6) is 17.2 Å². The Morgan fingerprint density at radius 3 is 2.33 bits per heavy atom. The lowest BCUT2D eigenvalue weighted by atomic mass is 10.1. The molecule has 0 fully saturated rings. The van der Waals surface area contributed by atoms with Gasteiger partial charge < -0.3 is 30.0 Å². The molecule has 0 aliphatic rings. The van der Waals surface area contributed by atoms with E-state index < -0.39 is 6.10 Å². The molecule has 160 valence electrons. The minimum absolute atomic E-state index is 0.337. The predicted molar refractivity (Wildman–Crippen MR) is 121 cm³/mol. The van der Waals surface area contributed by atoms with Crippen molar-refractivity contribution in [3.63, 3.8) is 0 Å². The Morgan fingerprint density at radius 2 is 1.73 bits per heavy atom. The van der Waals surface area contributed by atoms with Crippen molar-refractivity contribution < 1.29 is 19.3 Å². The molecule has 7 nitrogen and oxygen atoms in total. The van der Waals surface area contributed by atoms with Crippen molar-refractivity contribution in [3.8, 4) is 17.2 Å². The van der Waals surface area contributed by atoms with Gasteiger partial charge in [-0.1, -0.05) is 18.2 Å². The van der Waals surface area contributed by atoms with Gasteiger partial charge in [-0.2, -0.15) is 0 Å². The Bertz CT molecular complexity index is 961. The summed E-state index contributed by atoms with van der Waals surface area (Å²) in [4.78, 5) is 5.15. The third-order valence-electron chi connectivity index (χ3n) is 4.71. The minimum Gasteiger partial charge on any atom is -0.496 e. The van der Waals surface area contributed by atoms with Gasteiger partial charge in [0, 0.05) is 35.3 Å². The lowest BCUT2D eigenvalue weighted by Gasteiger charge is -2.18. The number of fused-ring (bicyclic) bond motifs is 1. The average Bonchev–Trinajstić information content (AvgIpc) is 3.23. The van der Waals surface area contributed by atoms with E-state index in [0.717, 1.165) is 20.5 Å². The third kappa shape index (κ3) is 4.95. The largest absolute Gasteiger partial charge is 0.496 e. The molecule has 1 unspecified atom stereocenters. The number of nitrogens with zero attached hydrogens (tertiary/aromatic N) is 1. The van der Waals surface area contributed by atoms with Crippen molar-refractivity contribution in [1.29, 1.82) is 0 Å². The summed E-state index contributed by atoms with van der Waals surface area (Å²) in [6.07, 6.45) is -0.633. The summed E-state index contributed by atoms with van der Waals surface area (Å²) in [6.45, 7) is 0.762. The van der Waals surface area contributed by atoms with Crippen LogP contribution in [0.15, 0.2) is 47.5 Å². The van der Waals surface area contributed by atoms with Gasteiger partial charge in [-0.3, -0.25) is 4.99 Å². The fraction of sp³-hybridized carbons (Fsp3) is 0.318. The van der Waals surface area contributed by atoms with Crippen molar-refractivity contribution in [1.82, 2.24) is 10.6 Å². The van der Waals surface area contributed by atoms with Gasteiger partial charge in [-0.25, -0.2) is 0 Å². The van der Waals surface area contributed by atoms with Crippen LogP contribution in [0.4, 0.5) is 0 Å². The molecule has 3 N–H and O–H groups in total. The molecule has 0 spiro atoms. The summed E-state index contributed by atoms with van der Waals surface area (Å²) in [6, 6.07) is 13.7. The molecule has 1 atom stereocenters. The minimum atomic E-state index is -0.633. The van der Waals surface area contributed by atoms with Crippen LogP contribution in [-0.2, 0) is 6.54 Å². The molecule has 0 bridgehead atoms. The number of rotatable bonds is 8. The van der Waals surface area contributed by atoms with Crippen molar-refractivity contribution >= 4 is 27.4 Å². The molecule has 2 aromatic carbocycles. The zero-order valence-corrected chi connectivity index (χ0v) is 18.4. The molecule has 1 aromatic heterocycles. The highest BCUT2D eigenvalue weighted by Crippen LogP contribution is 2.34. The van der Waals surface area contributed by atoms with Crippen molar-refractivity contribution in [3.05, 3.63) is 52.9 Å². The van der Waals surface area contributed by atoms with Crippen LogP contribution in [0.25, 0.3) is 10.1 Å². The molecule has 1 heterocycles. The molecule has 3 aromatic rings. The smallest absolute Gasteiger partial charge is 0.191 e. The number of methoxy groups -OCH3 is 3. The Labute approximate surface area is 180 Å². The molecule has 0 aliphatic carbocycles. The van der Waals surface area contributed by atoms with Crippen LogP contribution in [0.1, 0.15) is 16.5 Å². The van der Waals surface area contributed by atoms with Crippen LogP contribution in [-0.4, -0.2) is 46.0 Å². The second-order valence-electron chi connectivity index (χ2n) is 6.52. The highest BCUT2D eigenvalue weighted by Gasteiger charge is 2.15. The van der Waals surface area contributed by atoms with Crippen LogP contribution in [0.2, 0.25) is 0 Å². The summed E-state index contributed by atoms with van der Waals surface area (Å²) < 4.78 is 17.4. The summed E-state index contributed by atoms with van der Waals surface area (Å²) in [5.74, 6) is 2.52. The molecule has 8 heteroatoms. The Kier molecular flexibility index (Phi) is 7.37. The van der Waals surface area contributed by atoms with Crippen LogP contribution < -0.4 is 24.8 Å². The van der Waals surface area contributed by atoms with Crippen LogP contribution in [0, 0.1) is 0 Å². The van der Waals surface area contributed by atoms with E-state index in [0.29, 0.717) is 36.3 Å². The number of thiophene rings is 1. The summed E-state index contributed by atoms with van der Waals surface area (Å²) in [7, 11) is 6.49. The van der Waals surface area contributed by atoms with Crippen molar-refractivity contribution in [2.75, 3.05) is 34.9 Å². The maximum atomic E-state index is 10.6. The summed E-state index contributed by atoms with van der Waals surface area (Å²) >= 11 is 1.59. The van der Waals surface area contributed by atoms with Gasteiger partial charge >= 0.3 is 0 Å². The summed E-state index contributed by atoms with van der Waals surface area (Å²) in [5, 5.41) is 18.1. The SMILES string of the molecule is CN=C(NCc1c(OC)cc(OC)cc1OC)NCC(O)c1cc2ccccc2s1. The number of hydrogen-bond acceptors (Lipinski definition) is 6. The van der Waals surface area contributed by atoms with Crippen LogP contribution in [0.3, 0.4) is 0 Å². The maximum Gasteiger partial charge on any atom is 0.191 e. The zero-order valence-electron chi connectivity index (χ0n) is 17.6. The van der Waals surface area contributed by atoms with Crippen molar-refractivity contribution in [2.45, 2.75) is 12.6 Å². The molecule has 0 radical (unpaired) electrons. The first-order valence-electron chi connectivity index (χ1n) is 9.49. The van der Waals surface area contributed by atoms with E-state index in [2.05, 4.69) is 21.7 Å². The second kappa shape index (κ2) is 10.2. The van der Waals surface area contributed by atoms with Gasteiger partial charge in [0.2, 0.25) is 0 Å². The lowest BCUT2D eigenvalue weighted by molar-refractivity contribution is 0.184. The molecule has 0 amide bonds. The first-order valence-corrected chi connectivity index (χ1v) is 10.3. The van der Waals surface area contributed by atoms with E-state index in [-0.39, 0.29) is 0 Å². The number of ether oxygens (including phenoxy) is 3. The normalized spacial score (nSPS) is 12.5. The molecule has 0 saturated heterocycles. The first-order chi connectivity index (χ1) is 14.6. The quantitative estimate of drug-likeness (QED) is 0.376. The number of hydrogen-bond donors (Lipinski definition) is 3. The number of aliphatic imine (C=N–C) groups is 1. The van der Waals surface area contributed by atoms with Crippen molar-refractivity contribution in [2.24, 2.45) is 4.99 Å². The molecule has 0 saturated carbocycles. The monoisotopic (exact) mass is 429 g/mol. The van der Waals surface area contributed by atoms with Gasteiger partial charge in [0.1, 0.15) is 23.4 Å². The fourth-order valence-corrected chi connectivity index (χ4v) is 4.16. The highest BCUT2D eigenvalue weighted by molar-refractivity contribution is 7.19. The molecular weight excluding hydrogens is 402 g/mol. The Hall–Kier alpha value is -2.97. The molecule has 3 rings (SSSR count). The first kappa shape index (κ1) is 21.7. The number of aliphatic hydroxyl groups is 1. The molecule has 0 aliphatic heterocycles. The topological polar surface area (TPSA) is 84.3 Å². The molecular formula is C22H27N3O4S. The van der Waals surface area contributed by atoms with E-state index in [4.69, 9.17) is 14.2 Å². The Balaban J connectivity index is 1.63. The van der Waals surface area contributed by atoms with Gasteiger partial charge in [-0.05, 0) is 17.5 Å². The van der Waals surface area contributed by atoms with E-state index >= 15 is 0 Å². The predicted octanol–water partition coefficient (Wildman–Crippen LogP) is 3.33. The highest BCUT2D eigenvalue weighted by atomic mass is 32.1. The van der Waals surface area contributed by atoms with E-state index in [1.807, 2.05) is 24.3 Å². The van der Waals surface area contributed by atoms with E-state index in [1.54, 1.807) is 51.8 Å². The van der Waals surface area contributed by atoms with Gasteiger partial charge in [-0.15, -0.1) is 11.3 Å².